The van der Waals surface area contributed by atoms with Gasteiger partial charge < -0.3 is 29.9 Å². The summed E-state index contributed by atoms with van der Waals surface area (Å²) in [5, 5.41) is 19.2. The lowest BCUT2D eigenvalue weighted by atomic mass is 9.69. The molecule has 2 saturated heterocycles. The lowest BCUT2D eigenvalue weighted by molar-refractivity contribution is 0.0174. The highest BCUT2D eigenvalue weighted by Gasteiger charge is 2.47. The Bertz CT molecular complexity index is 1640. The molecule has 12 heteroatoms. The van der Waals surface area contributed by atoms with Gasteiger partial charge in [0.25, 0.3) is 0 Å². The minimum Gasteiger partial charge on any atom is -0.473 e. The van der Waals surface area contributed by atoms with Crippen LogP contribution in [0.4, 0.5) is 10.8 Å². The third-order valence-corrected chi connectivity index (χ3v) is 11.8. The molecule has 7 rings (SSSR count). The average Bonchev–Trinajstić information content (AvgIpc) is 3.35. The van der Waals surface area contributed by atoms with E-state index in [9.17, 15) is 5.26 Å². The van der Waals surface area contributed by atoms with Crippen LogP contribution in [0.1, 0.15) is 86.6 Å². The molecule has 2 aliphatic heterocycles. The number of nitriles is 1. The highest BCUT2D eigenvalue weighted by Crippen LogP contribution is 2.50. The minimum atomic E-state index is -0.496. The van der Waals surface area contributed by atoms with Gasteiger partial charge in [0.2, 0.25) is 17.5 Å². The number of nitrogen functional groups attached to an aromatic ring is 1. The number of nitrogens with two attached hydrogens (primary N) is 1. The fourth-order valence-corrected chi connectivity index (χ4v) is 9.41. The van der Waals surface area contributed by atoms with E-state index in [1.54, 1.807) is 7.11 Å². The number of likely N-dealkylation sites (N-methyl/N-ethyl adjacent to an activating group) is 1. The molecule has 11 nitrogen and oxygen atoms in total. The lowest BCUT2D eigenvalue weighted by Crippen LogP contribution is -2.52. The Morgan fingerprint density at radius 1 is 1.28 bits per heavy atom. The molecule has 0 amide bonds. The van der Waals surface area contributed by atoms with E-state index in [4.69, 9.17) is 34.9 Å². The predicted octanol–water partition coefficient (Wildman–Crippen LogP) is 4.67. The number of ether oxygens (including phenoxy) is 2. The molecule has 46 heavy (non-hydrogen) atoms. The molecular weight excluding hydrogens is 600 g/mol. The van der Waals surface area contributed by atoms with Crippen molar-refractivity contribution >= 4 is 22.2 Å². The Hall–Kier alpha value is -3.24. The molecule has 4 aliphatic rings. The van der Waals surface area contributed by atoms with Crippen molar-refractivity contribution in [1.29, 1.82) is 5.26 Å². The van der Waals surface area contributed by atoms with Gasteiger partial charge in [-0.1, -0.05) is 18.5 Å². The van der Waals surface area contributed by atoms with E-state index in [2.05, 4.69) is 49.0 Å². The lowest BCUT2D eigenvalue weighted by Gasteiger charge is -2.35. The zero-order chi connectivity index (χ0) is 32.2. The molecule has 0 aromatic carbocycles. The summed E-state index contributed by atoms with van der Waals surface area (Å²) in [6.45, 7) is 10.1. The summed E-state index contributed by atoms with van der Waals surface area (Å²) >= 11 is 1.54. The third kappa shape index (κ3) is 5.35. The summed E-state index contributed by atoms with van der Waals surface area (Å²) in [5.41, 5.74) is 9.49. The Kier molecular flexibility index (Phi) is 8.24. The number of piperazine rings is 1. The molecule has 246 valence electrons. The monoisotopic (exact) mass is 646 g/mol. The van der Waals surface area contributed by atoms with Crippen LogP contribution in [0.25, 0.3) is 11.6 Å². The standard InChI is InChI=1S/C34H46N8O3S/c1-6-8-21-29(45-40-30(21)33(3)11-7-9-24-27(33)22(18-35)31(36)46-24)32-38-25(42-16-14-37-34(19-42)12-13-34)17-26(39-32)44-20(2)28-23(43-5)10-15-41(28)4/h17,20,23,28,37H,6-16,19,36H2,1-5H3/t20-,23-,28+,33-/m0/s1. The van der Waals surface area contributed by atoms with Crippen LogP contribution >= 0.6 is 11.3 Å². The highest BCUT2D eigenvalue weighted by atomic mass is 32.1. The molecule has 1 spiro atoms. The van der Waals surface area contributed by atoms with Gasteiger partial charge in [-0.15, -0.1) is 11.3 Å². The van der Waals surface area contributed by atoms with Crippen LogP contribution < -0.4 is 20.7 Å². The summed E-state index contributed by atoms with van der Waals surface area (Å²) in [6.07, 6.45) is 7.70. The molecular formula is C34H46N8O3S. The number of hydrogen-bond donors (Lipinski definition) is 2. The van der Waals surface area contributed by atoms with Crippen LogP contribution in [0.15, 0.2) is 10.6 Å². The molecule has 3 aromatic rings. The van der Waals surface area contributed by atoms with Gasteiger partial charge in [-0.25, -0.2) is 4.98 Å². The molecule has 1 saturated carbocycles. The minimum absolute atomic E-state index is 0.0993. The van der Waals surface area contributed by atoms with Crippen molar-refractivity contribution in [3.63, 3.8) is 0 Å². The van der Waals surface area contributed by atoms with Gasteiger partial charge >= 0.3 is 0 Å². The van der Waals surface area contributed by atoms with Gasteiger partial charge in [0.15, 0.2) is 0 Å². The van der Waals surface area contributed by atoms with Gasteiger partial charge in [0, 0.05) is 60.7 Å². The summed E-state index contributed by atoms with van der Waals surface area (Å²) in [7, 11) is 3.90. The Morgan fingerprint density at radius 2 is 2.11 bits per heavy atom. The van der Waals surface area contributed by atoms with E-state index in [0.717, 1.165) is 87.3 Å². The SMILES string of the molecule is CCCc1c([C@@]2(C)CCCc3sc(N)c(C#N)c32)noc1-c1nc(O[C@@H](C)[C@@H]2[C@@H](OC)CCN2C)cc(N2CCNC3(CC3)C2)n1. The van der Waals surface area contributed by atoms with Crippen molar-refractivity contribution < 1.29 is 14.0 Å². The highest BCUT2D eigenvalue weighted by molar-refractivity contribution is 7.16. The van der Waals surface area contributed by atoms with Crippen molar-refractivity contribution in [2.75, 3.05) is 51.0 Å². The summed E-state index contributed by atoms with van der Waals surface area (Å²) in [6, 6.07) is 4.49. The largest absolute Gasteiger partial charge is 0.473 e. The Morgan fingerprint density at radius 3 is 2.85 bits per heavy atom. The fraction of sp³-hybridized carbons (Fsp3) is 0.647. The van der Waals surface area contributed by atoms with Crippen LogP contribution in [0.3, 0.4) is 0 Å². The van der Waals surface area contributed by atoms with Crippen LogP contribution in [-0.4, -0.2) is 84.1 Å². The van der Waals surface area contributed by atoms with Crippen molar-refractivity contribution in [3.05, 3.63) is 33.3 Å². The van der Waals surface area contributed by atoms with Gasteiger partial charge in [0.05, 0.1) is 23.4 Å². The summed E-state index contributed by atoms with van der Waals surface area (Å²) < 4.78 is 18.7. The quantitative estimate of drug-likeness (QED) is 0.335. The van der Waals surface area contributed by atoms with E-state index in [0.29, 0.717) is 28.0 Å². The molecule has 5 heterocycles. The maximum Gasteiger partial charge on any atom is 0.219 e. The predicted molar refractivity (Wildman–Crippen MR) is 178 cm³/mol. The zero-order valence-corrected chi connectivity index (χ0v) is 28.5. The van der Waals surface area contributed by atoms with E-state index < -0.39 is 5.41 Å². The number of nitrogens with zero attached hydrogens (tertiary/aromatic N) is 6. The van der Waals surface area contributed by atoms with E-state index in [-0.39, 0.29) is 23.8 Å². The zero-order valence-electron chi connectivity index (χ0n) is 27.7. The van der Waals surface area contributed by atoms with Gasteiger partial charge in [-0.2, -0.15) is 10.2 Å². The summed E-state index contributed by atoms with van der Waals surface area (Å²) in [5.74, 6) is 2.43. The van der Waals surface area contributed by atoms with Crippen LogP contribution in [0, 0.1) is 11.3 Å². The van der Waals surface area contributed by atoms with E-state index >= 15 is 0 Å². The van der Waals surface area contributed by atoms with E-state index in [1.807, 2.05) is 6.07 Å². The number of fused-ring (bicyclic) bond motifs is 1. The Labute approximate surface area is 275 Å². The molecule has 4 atom stereocenters. The number of thiophene rings is 1. The fourth-order valence-electron chi connectivity index (χ4n) is 8.22. The first kappa shape index (κ1) is 31.4. The first-order valence-corrected chi connectivity index (χ1v) is 17.6. The molecule has 3 aromatic heterocycles. The second-order valence-corrected chi connectivity index (χ2v) is 15.0. The molecule has 3 N–H and O–H groups in total. The molecule has 0 bridgehead atoms. The maximum atomic E-state index is 10.1. The second kappa shape index (κ2) is 12.1. The number of likely N-dealkylation sites (tertiary alicyclic amines) is 1. The second-order valence-electron chi connectivity index (χ2n) is 13.9. The Balaban J connectivity index is 1.31. The van der Waals surface area contributed by atoms with Crippen molar-refractivity contribution in [2.45, 2.75) is 101 Å². The first-order chi connectivity index (χ1) is 22.2. The van der Waals surface area contributed by atoms with Crippen molar-refractivity contribution in [2.24, 2.45) is 0 Å². The number of methoxy groups -OCH3 is 1. The molecule has 0 unspecified atom stereocenters. The van der Waals surface area contributed by atoms with Crippen molar-refractivity contribution in [1.82, 2.24) is 25.3 Å². The number of anilines is 2. The van der Waals surface area contributed by atoms with Crippen LogP contribution in [0.2, 0.25) is 0 Å². The number of rotatable bonds is 9. The third-order valence-electron chi connectivity index (χ3n) is 10.8. The molecule has 3 fully saturated rings. The van der Waals surface area contributed by atoms with Gasteiger partial charge in [0.1, 0.15) is 23.0 Å². The van der Waals surface area contributed by atoms with E-state index in [1.165, 1.54) is 29.1 Å². The number of aromatic nitrogens is 3. The number of hydrogen-bond acceptors (Lipinski definition) is 12. The first-order valence-electron chi connectivity index (χ1n) is 16.8. The average molecular weight is 647 g/mol. The number of nitrogens with one attached hydrogen (secondary N) is 1. The number of aryl methyl sites for hydroxylation is 1. The van der Waals surface area contributed by atoms with Crippen LogP contribution in [0.5, 0.6) is 5.88 Å². The topological polar surface area (TPSA) is 139 Å². The van der Waals surface area contributed by atoms with Gasteiger partial charge in [-0.05, 0) is 71.4 Å². The van der Waals surface area contributed by atoms with Crippen LogP contribution in [-0.2, 0) is 23.0 Å². The van der Waals surface area contributed by atoms with Gasteiger partial charge in [-0.3, -0.25) is 4.90 Å². The van der Waals surface area contributed by atoms with Crippen molar-refractivity contribution in [3.8, 4) is 23.5 Å². The molecule has 2 aliphatic carbocycles. The smallest absolute Gasteiger partial charge is 0.219 e. The normalized spacial score (nSPS) is 26.2. The summed E-state index contributed by atoms with van der Waals surface area (Å²) in [4.78, 5) is 16.0. The molecule has 0 radical (unpaired) electrons. The maximum absolute atomic E-state index is 10.1.